The van der Waals surface area contributed by atoms with Gasteiger partial charge in [-0.3, -0.25) is 0 Å². The van der Waals surface area contributed by atoms with E-state index in [9.17, 15) is 9.65 Å². The summed E-state index contributed by atoms with van der Waals surface area (Å²) in [5, 5.41) is 16.1. The number of hydrogen-bond acceptors (Lipinski definition) is 1. The van der Waals surface area contributed by atoms with Gasteiger partial charge in [0, 0.05) is 21.5 Å². The molecule has 3 nitrogen and oxygen atoms in total. The van der Waals surface area contributed by atoms with Crippen molar-refractivity contribution in [2.75, 3.05) is 0 Å². The molecule has 0 aliphatic heterocycles. The molecule has 0 bridgehead atoms. The third-order valence-corrected chi connectivity index (χ3v) is 12.8. The van der Waals surface area contributed by atoms with Gasteiger partial charge in [0.15, 0.2) is 0 Å². The number of aromatic nitrogens is 2. The van der Waals surface area contributed by atoms with E-state index in [2.05, 4.69) is 197 Å². The summed E-state index contributed by atoms with van der Waals surface area (Å²) >= 11 is 0. The summed E-state index contributed by atoms with van der Waals surface area (Å²) in [5.41, 5.74) is 16.3. The zero-order chi connectivity index (χ0) is 43.4. The maximum atomic E-state index is 14.7. The summed E-state index contributed by atoms with van der Waals surface area (Å²) in [5.74, 6) is -0.309. The Hall–Kier alpha value is -8.78. The summed E-state index contributed by atoms with van der Waals surface area (Å²) in [4.78, 5) is 0. The minimum atomic E-state index is -0.309. The number of nitrogens with zero attached hydrogens (tertiary/aromatic N) is 3. The summed E-state index contributed by atoms with van der Waals surface area (Å²) in [7, 11) is 0. The third-order valence-electron chi connectivity index (χ3n) is 12.8. The fraction of sp³-hybridized carbons (Fsp3) is 0. The first-order chi connectivity index (χ1) is 32.1. The highest BCUT2D eigenvalue weighted by Crippen LogP contribution is 2.43. The van der Waals surface area contributed by atoms with Crippen molar-refractivity contribution in [2.45, 2.75) is 0 Å². The van der Waals surface area contributed by atoms with E-state index in [1.165, 1.54) is 12.1 Å². The number of rotatable bonds is 7. The van der Waals surface area contributed by atoms with Gasteiger partial charge in [-0.05, 0) is 104 Å². The molecule has 2 heterocycles. The molecule has 0 amide bonds. The van der Waals surface area contributed by atoms with Gasteiger partial charge in [-0.1, -0.05) is 182 Å². The van der Waals surface area contributed by atoms with Crippen molar-refractivity contribution in [3.05, 3.63) is 242 Å². The molecule has 0 radical (unpaired) electrons. The van der Waals surface area contributed by atoms with Gasteiger partial charge in [-0.25, -0.2) is 4.39 Å². The smallest absolute Gasteiger partial charge is 0.123 e. The lowest BCUT2D eigenvalue weighted by molar-refractivity contribution is 0.628. The molecule has 0 spiro atoms. The monoisotopic (exact) mass is 831 g/mol. The molecule has 0 unspecified atom stereocenters. The Balaban J connectivity index is 1.23. The first kappa shape index (κ1) is 37.9. The van der Waals surface area contributed by atoms with E-state index in [0.717, 1.165) is 111 Å². The van der Waals surface area contributed by atoms with E-state index in [1.807, 2.05) is 36.4 Å². The Labute approximate surface area is 375 Å². The molecule has 10 aromatic carbocycles. The van der Waals surface area contributed by atoms with E-state index in [0.29, 0.717) is 5.56 Å². The van der Waals surface area contributed by atoms with Crippen LogP contribution in [0.4, 0.5) is 4.39 Å². The van der Waals surface area contributed by atoms with Gasteiger partial charge in [-0.15, -0.1) is 0 Å². The van der Waals surface area contributed by atoms with E-state index in [4.69, 9.17) is 0 Å². The number of hydrogen-bond donors (Lipinski definition) is 0. The van der Waals surface area contributed by atoms with E-state index >= 15 is 0 Å². The van der Waals surface area contributed by atoms with Gasteiger partial charge in [0.1, 0.15) is 17.4 Å². The third kappa shape index (κ3) is 6.49. The van der Waals surface area contributed by atoms with Crippen molar-refractivity contribution >= 4 is 43.6 Å². The number of nitriles is 1. The van der Waals surface area contributed by atoms with Crippen molar-refractivity contribution in [2.24, 2.45) is 0 Å². The molecule has 304 valence electrons. The van der Waals surface area contributed by atoms with Crippen LogP contribution in [0.2, 0.25) is 0 Å². The van der Waals surface area contributed by atoms with Crippen molar-refractivity contribution in [1.29, 1.82) is 5.26 Å². The number of halogens is 1. The Bertz CT molecular complexity index is 3390. The second-order valence-corrected chi connectivity index (χ2v) is 16.6. The van der Waals surface area contributed by atoms with Crippen LogP contribution in [-0.2, 0) is 0 Å². The summed E-state index contributed by atoms with van der Waals surface area (Å²) in [6.45, 7) is 0. The Morgan fingerprint density at radius 3 is 0.862 bits per heavy atom. The summed E-state index contributed by atoms with van der Waals surface area (Å²) in [6, 6.07) is 81.9. The molecule has 2 aromatic heterocycles. The Morgan fingerprint density at radius 1 is 0.292 bits per heavy atom. The van der Waals surface area contributed by atoms with Crippen LogP contribution in [-0.4, -0.2) is 9.13 Å². The minimum Gasteiger partial charge on any atom is -0.308 e. The zero-order valence-corrected chi connectivity index (χ0v) is 35.2. The van der Waals surface area contributed by atoms with Gasteiger partial charge >= 0.3 is 0 Å². The van der Waals surface area contributed by atoms with Gasteiger partial charge < -0.3 is 9.13 Å². The fourth-order valence-electron chi connectivity index (χ4n) is 9.68. The van der Waals surface area contributed by atoms with Gasteiger partial charge in [0.25, 0.3) is 0 Å². The van der Waals surface area contributed by atoms with Crippen molar-refractivity contribution < 1.29 is 4.39 Å². The molecule has 0 atom stereocenters. The van der Waals surface area contributed by atoms with Crippen LogP contribution in [0.25, 0.3) is 111 Å². The van der Waals surface area contributed by atoms with Crippen LogP contribution in [0.15, 0.2) is 231 Å². The molecule has 12 aromatic rings. The molecule has 12 rings (SSSR count). The van der Waals surface area contributed by atoms with Crippen molar-refractivity contribution in [3.8, 4) is 73.1 Å². The Kier molecular flexibility index (Phi) is 9.07. The first-order valence-electron chi connectivity index (χ1n) is 21.8. The molecule has 0 fully saturated rings. The highest BCUT2D eigenvalue weighted by atomic mass is 19.1. The molecule has 0 saturated heterocycles. The second kappa shape index (κ2) is 15.5. The predicted octanol–water partition coefficient (Wildman–Crippen LogP) is 16.2. The maximum Gasteiger partial charge on any atom is 0.123 e. The van der Waals surface area contributed by atoms with Crippen LogP contribution >= 0.6 is 0 Å². The molecule has 4 heteroatoms. The van der Waals surface area contributed by atoms with Crippen molar-refractivity contribution in [1.82, 2.24) is 9.13 Å². The van der Waals surface area contributed by atoms with E-state index < -0.39 is 0 Å². The SMILES string of the molecule is N#Cc1c(-n2c3cc(-c4ccccc4)ccc3c3ccc(-c4ccccc4)cc32)cc(-c2ccc(F)cc2)cc1-n1c2cc(-c3ccccc3)ccc2c2ccc(-c3ccccc3)cc21. The molecule has 0 aliphatic carbocycles. The average molecular weight is 832 g/mol. The van der Waals surface area contributed by atoms with E-state index in [1.54, 1.807) is 0 Å². The lowest BCUT2D eigenvalue weighted by atomic mass is 9.99. The highest BCUT2D eigenvalue weighted by molar-refractivity contribution is 6.13. The molecule has 0 saturated carbocycles. The molecule has 0 N–H and O–H groups in total. The lowest BCUT2D eigenvalue weighted by Gasteiger charge is -2.19. The highest BCUT2D eigenvalue weighted by Gasteiger charge is 2.24. The summed E-state index contributed by atoms with van der Waals surface area (Å²) in [6.07, 6.45) is 0. The van der Waals surface area contributed by atoms with Crippen LogP contribution in [0.5, 0.6) is 0 Å². The Morgan fingerprint density at radius 2 is 0.569 bits per heavy atom. The topological polar surface area (TPSA) is 33.6 Å². The molecule has 65 heavy (non-hydrogen) atoms. The lowest BCUT2D eigenvalue weighted by Crippen LogP contribution is -2.05. The largest absolute Gasteiger partial charge is 0.308 e. The zero-order valence-electron chi connectivity index (χ0n) is 35.2. The number of benzene rings is 10. The quantitative estimate of drug-likeness (QED) is 0.157. The molecule has 0 aliphatic rings. The van der Waals surface area contributed by atoms with Gasteiger partial charge in [-0.2, -0.15) is 5.26 Å². The number of fused-ring (bicyclic) bond motifs is 6. The van der Waals surface area contributed by atoms with Crippen LogP contribution in [0.3, 0.4) is 0 Å². The van der Waals surface area contributed by atoms with Crippen LogP contribution in [0.1, 0.15) is 5.56 Å². The first-order valence-corrected chi connectivity index (χ1v) is 21.8. The van der Waals surface area contributed by atoms with E-state index in [-0.39, 0.29) is 5.82 Å². The summed E-state index contributed by atoms with van der Waals surface area (Å²) < 4.78 is 19.2. The maximum absolute atomic E-state index is 14.7. The second-order valence-electron chi connectivity index (χ2n) is 16.6. The van der Waals surface area contributed by atoms with Gasteiger partial charge in [0.05, 0.1) is 33.4 Å². The van der Waals surface area contributed by atoms with Crippen LogP contribution in [0, 0.1) is 17.1 Å². The van der Waals surface area contributed by atoms with Crippen molar-refractivity contribution in [3.63, 3.8) is 0 Å². The minimum absolute atomic E-state index is 0.309. The standard InChI is InChI=1S/C61H38FN3/c62-50-27-21-44(22-28-50)49-37-60(64-56-33-45(40-13-5-1-6-14-40)23-29-51(56)52-30-24-46(34-57(52)64)41-15-7-2-8-16-41)55(39-63)61(38-49)65-58-35-47(42-17-9-3-10-18-42)25-31-53(58)54-32-26-48(36-59(54)65)43-19-11-4-12-20-43/h1-38H. The average Bonchev–Trinajstić information content (AvgIpc) is 3.88. The molecular weight excluding hydrogens is 794 g/mol. The normalized spacial score (nSPS) is 11.4. The molecular formula is C61H38FN3. The predicted molar refractivity (Wildman–Crippen MR) is 267 cm³/mol. The van der Waals surface area contributed by atoms with Gasteiger partial charge in [0.2, 0.25) is 0 Å². The fourth-order valence-corrected chi connectivity index (χ4v) is 9.68. The van der Waals surface area contributed by atoms with Crippen LogP contribution < -0.4 is 0 Å².